The molecule has 5 heterocycles. The highest BCUT2D eigenvalue weighted by Gasteiger charge is 2.51. The van der Waals surface area contributed by atoms with E-state index >= 15 is 0 Å². The predicted molar refractivity (Wildman–Crippen MR) is 225 cm³/mol. The summed E-state index contributed by atoms with van der Waals surface area (Å²) in [7, 11) is 0. The zero-order chi connectivity index (χ0) is 36.8. The van der Waals surface area contributed by atoms with E-state index in [9.17, 15) is 4.79 Å². The van der Waals surface area contributed by atoms with E-state index in [2.05, 4.69) is 169 Å². The molecule has 0 spiro atoms. The number of allylic oxidation sites excluding steroid dienone is 4. The van der Waals surface area contributed by atoms with Crippen LogP contribution in [0.15, 0.2) is 121 Å². The summed E-state index contributed by atoms with van der Waals surface area (Å²) in [4.78, 5) is 31.8. The van der Waals surface area contributed by atoms with E-state index in [1.807, 2.05) is 0 Å². The highest BCUT2D eigenvalue weighted by atomic mass is 16.1. The fourth-order valence-electron chi connectivity index (χ4n) is 9.46. The molecule has 0 radical (unpaired) electrons. The lowest BCUT2D eigenvalue weighted by Crippen LogP contribution is -2.20. The van der Waals surface area contributed by atoms with Gasteiger partial charge in [-0.3, -0.25) is 4.79 Å². The number of carbonyl (C=O) groups is 1. The minimum Gasteiger partial charge on any atom is -0.355 e. The maximum absolute atomic E-state index is 13.7. The number of nitrogens with one attached hydrogen (secondary N) is 2. The van der Waals surface area contributed by atoms with Gasteiger partial charge in [0.25, 0.3) is 0 Å². The molecule has 4 atom stereocenters. The molecule has 3 aromatic heterocycles. The van der Waals surface area contributed by atoms with Crippen molar-refractivity contribution in [2.45, 2.75) is 20.3 Å². The molecule has 5 nitrogen and oxygen atoms in total. The lowest BCUT2D eigenvalue weighted by Gasteiger charge is -2.17. The number of rotatable bonds is 4. The third kappa shape index (κ3) is 5.25. The number of aromatic nitrogens is 4. The SMILES string of the molecule is Cc1ccc(-c2c3nc(c(-c4ccc(C5=CC6C(C5=O)[C@@H]5C=C[C@H]6C5)cc4)c4ccc([nH]4)c(-c4ccc(C)cc4)c4nc(cc5ccc2[nH]5)C=C4)C=C3)cc1. The minimum atomic E-state index is 0.107. The number of hydrogen-bond acceptors (Lipinski definition) is 3. The first-order valence-corrected chi connectivity index (χ1v) is 19.3. The van der Waals surface area contributed by atoms with Crippen LogP contribution < -0.4 is 0 Å². The van der Waals surface area contributed by atoms with Gasteiger partial charge in [0.05, 0.1) is 22.8 Å². The zero-order valence-electron chi connectivity index (χ0n) is 30.7. The summed E-state index contributed by atoms with van der Waals surface area (Å²) in [6.07, 6.45) is 16.4. The highest BCUT2D eigenvalue weighted by molar-refractivity contribution is 6.24. The fourth-order valence-corrected chi connectivity index (χ4v) is 9.46. The minimum absolute atomic E-state index is 0.107. The van der Waals surface area contributed by atoms with Gasteiger partial charge in [-0.1, -0.05) is 102 Å². The molecule has 0 amide bonds. The highest BCUT2D eigenvalue weighted by Crippen LogP contribution is 2.54. The van der Waals surface area contributed by atoms with Crippen molar-refractivity contribution in [2.24, 2.45) is 23.7 Å². The van der Waals surface area contributed by atoms with Crippen LogP contribution in [0.25, 0.3) is 85.3 Å². The van der Waals surface area contributed by atoms with Crippen molar-refractivity contribution >= 4 is 57.7 Å². The molecule has 2 unspecified atom stereocenters. The van der Waals surface area contributed by atoms with Crippen molar-refractivity contribution in [3.8, 4) is 33.4 Å². The Labute approximate surface area is 319 Å². The maximum atomic E-state index is 13.7. The molecule has 1 saturated carbocycles. The van der Waals surface area contributed by atoms with Gasteiger partial charge in [0.1, 0.15) is 0 Å². The smallest absolute Gasteiger partial charge is 0.167 e. The molecule has 0 saturated heterocycles. The van der Waals surface area contributed by atoms with E-state index in [4.69, 9.17) is 9.97 Å². The van der Waals surface area contributed by atoms with Gasteiger partial charge >= 0.3 is 0 Å². The molecule has 6 aromatic rings. The maximum Gasteiger partial charge on any atom is 0.167 e. The van der Waals surface area contributed by atoms with Crippen molar-refractivity contribution in [1.29, 1.82) is 0 Å². The molecule has 11 rings (SSSR count). The standard InChI is InChI=1S/C50H38N4O/c1-28-3-7-31(8-4-28)47-40-19-17-36(51-40)26-37-18-20-41(52-37)48(32-9-5-29(2)6-10-32)43-22-24-45(54-43)49(44-23-21-42(47)53-44)33-13-11-30(12-14-33)39-27-38-34-15-16-35(25-34)46(38)50(39)55/h3-24,26-27,34-35,38,46,51,54H,25H2,1-2H3/t34-,35+,38?,46?/m0/s1. The fraction of sp³-hybridized carbons (Fsp3) is 0.140. The molecule has 5 aliphatic rings. The number of H-pyrrole nitrogens is 2. The van der Waals surface area contributed by atoms with Gasteiger partial charge in [-0.2, -0.15) is 0 Å². The number of fused-ring (bicyclic) bond motifs is 13. The Hall–Kier alpha value is -6.59. The number of aromatic amines is 2. The van der Waals surface area contributed by atoms with E-state index in [0.717, 1.165) is 95.8 Å². The van der Waals surface area contributed by atoms with Gasteiger partial charge in [-0.05, 0) is 115 Å². The first kappa shape index (κ1) is 31.9. The Bertz CT molecular complexity index is 2840. The second-order valence-electron chi connectivity index (χ2n) is 15.7. The molecule has 264 valence electrons. The molecule has 5 heteroatoms. The van der Waals surface area contributed by atoms with E-state index < -0.39 is 0 Å². The summed E-state index contributed by atoms with van der Waals surface area (Å²) in [5.41, 5.74) is 18.0. The quantitative estimate of drug-likeness (QED) is 0.179. The number of aryl methyl sites for hydroxylation is 2. The van der Waals surface area contributed by atoms with E-state index in [0.29, 0.717) is 23.5 Å². The predicted octanol–water partition coefficient (Wildman–Crippen LogP) is 11.7. The molecule has 3 aliphatic carbocycles. The molecule has 2 N–H and O–H groups in total. The van der Waals surface area contributed by atoms with E-state index in [1.165, 1.54) is 11.1 Å². The van der Waals surface area contributed by atoms with Crippen molar-refractivity contribution < 1.29 is 4.79 Å². The Morgan fingerprint density at radius 1 is 0.545 bits per heavy atom. The summed E-state index contributed by atoms with van der Waals surface area (Å²) < 4.78 is 0. The van der Waals surface area contributed by atoms with Gasteiger partial charge in [0.15, 0.2) is 5.78 Å². The van der Waals surface area contributed by atoms with Crippen LogP contribution in [-0.2, 0) is 4.79 Å². The van der Waals surface area contributed by atoms with E-state index in [1.54, 1.807) is 0 Å². The van der Waals surface area contributed by atoms with Gasteiger partial charge in [0, 0.05) is 50.2 Å². The van der Waals surface area contributed by atoms with Crippen LogP contribution >= 0.6 is 0 Å². The summed E-state index contributed by atoms with van der Waals surface area (Å²) >= 11 is 0. The average molecular weight is 711 g/mol. The molecule has 1 fully saturated rings. The second kappa shape index (κ2) is 12.2. The van der Waals surface area contributed by atoms with Crippen LogP contribution in [0.1, 0.15) is 45.9 Å². The molecule has 55 heavy (non-hydrogen) atoms. The van der Waals surface area contributed by atoms with Crippen molar-refractivity contribution in [2.75, 3.05) is 0 Å². The van der Waals surface area contributed by atoms with Crippen LogP contribution in [0.2, 0.25) is 0 Å². The number of benzene rings is 3. The average Bonchev–Trinajstić information content (AvgIpc) is 4.06. The van der Waals surface area contributed by atoms with Gasteiger partial charge in [-0.25, -0.2) is 9.97 Å². The third-order valence-electron chi connectivity index (χ3n) is 12.2. The molecule has 2 aliphatic heterocycles. The van der Waals surface area contributed by atoms with Crippen LogP contribution in [0.3, 0.4) is 0 Å². The number of ketones is 1. The Kier molecular flexibility index (Phi) is 7.09. The number of carbonyl (C=O) groups excluding carboxylic acids is 1. The molecule has 10 bridgehead atoms. The summed E-state index contributed by atoms with van der Waals surface area (Å²) in [5.74, 6) is 1.63. The Morgan fingerprint density at radius 3 is 1.67 bits per heavy atom. The molecule has 3 aromatic carbocycles. The molecular weight excluding hydrogens is 673 g/mol. The van der Waals surface area contributed by atoms with Crippen LogP contribution in [-0.4, -0.2) is 25.7 Å². The van der Waals surface area contributed by atoms with Crippen LogP contribution in [0, 0.1) is 37.5 Å². The first-order valence-electron chi connectivity index (χ1n) is 19.3. The topological polar surface area (TPSA) is 74.4 Å². The number of Topliss-reactive ketones (excluding diaryl/α,β-unsaturated/α-hetero) is 1. The lowest BCUT2D eigenvalue weighted by molar-refractivity contribution is -0.117. The monoisotopic (exact) mass is 710 g/mol. The normalized spacial score (nSPS) is 20.4. The van der Waals surface area contributed by atoms with E-state index in [-0.39, 0.29) is 5.92 Å². The van der Waals surface area contributed by atoms with Crippen LogP contribution in [0.5, 0.6) is 0 Å². The van der Waals surface area contributed by atoms with Gasteiger partial charge < -0.3 is 9.97 Å². The van der Waals surface area contributed by atoms with Gasteiger partial charge in [-0.15, -0.1) is 0 Å². The zero-order valence-corrected chi connectivity index (χ0v) is 30.7. The van der Waals surface area contributed by atoms with Crippen molar-refractivity contribution in [3.63, 3.8) is 0 Å². The number of nitrogens with zero attached hydrogens (tertiary/aromatic N) is 2. The summed E-state index contributed by atoms with van der Waals surface area (Å²) in [5, 5.41) is 0. The largest absolute Gasteiger partial charge is 0.355 e. The third-order valence-corrected chi connectivity index (χ3v) is 12.2. The first-order chi connectivity index (χ1) is 26.9. The van der Waals surface area contributed by atoms with Gasteiger partial charge in [0.2, 0.25) is 0 Å². The second-order valence-corrected chi connectivity index (χ2v) is 15.7. The lowest BCUT2D eigenvalue weighted by atomic mass is 9.84. The van der Waals surface area contributed by atoms with Crippen molar-refractivity contribution in [3.05, 3.63) is 161 Å². The summed E-state index contributed by atoms with van der Waals surface area (Å²) in [6, 6.07) is 36.5. The Morgan fingerprint density at radius 2 is 1.05 bits per heavy atom. The summed E-state index contributed by atoms with van der Waals surface area (Å²) in [6.45, 7) is 4.22. The van der Waals surface area contributed by atoms with Crippen LogP contribution in [0.4, 0.5) is 0 Å². The van der Waals surface area contributed by atoms with Crippen molar-refractivity contribution in [1.82, 2.24) is 19.9 Å². The number of hydrogen-bond donors (Lipinski definition) is 2. The Balaban J connectivity index is 1.16. The molecular formula is C50H38N4O.